The molecule has 39 heavy (non-hydrogen) atoms. The molecule has 200 valence electrons. The fourth-order valence-electron chi connectivity index (χ4n) is 5.10. The summed E-state index contributed by atoms with van der Waals surface area (Å²) in [6, 6.07) is 5.22. The van der Waals surface area contributed by atoms with E-state index in [9.17, 15) is 13.9 Å². The summed E-state index contributed by atoms with van der Waals surface area (Å²) in [6.07, 6.45) is 10.3. The third kappa shape index (κ3) is 4.46. The van der Waals surface area contributed by atoms with Gasteiger partial charge in [0.2, 0.25) is 5.95 Å². The first-order valence-electron chi connectivity index (χ1n) is 12.5. The van der Waals surface area contributed by atoms with Crippen molar-refractivity contribution in [2.45, 2.75) is 25.5 Å². The highest BCUT2D eigenvalue weighted by atomic mass is 19.1. The summed E-state index contributed by atoms with van der Waals surface area (Å²) in [4.78, 5) is 17.9. The highest BCUT2D eigenvalue weighted by Gasteiger charge is 2.32. The summed E-state index contributed by atoms with van der Waals surface area (Å²) < 4.78 is 31.3. The van der Waals surface area contributed by atoms with Crippen molar-refractivity contribution in [3.63, 3.8) is 0 Å². The van der Waals surface area contributed by atoms with Gasteiger partial charge in [0.25, 0.3) is 0 Å². The predicted molar refractivity (Wildman–Crippen MR) is 141 cm³/mol. The fraction of sp³-hybridized carbons (Fsp3) is 0.296. The van der Waals surface area contributed by atoms with E-state index in [1.165, 1.54) is 25.4 Å². The van der Waals surface area contributed by atoms with Crippen molar-refractivity contribution in [1.29, 1.82) is 0 Å². The monoisotopic (exact) mass is 531 g/mol. The second-order valence-corrected chi connectivity index (χ2v) is 10.0. The SMILES string of the molecule is C[C@@H]1CN(c2ncnn3cc(-c4cnn(C)c4)cc23)CCN1c1ncc([C@](C)(O)c2ccc(F)cc2F)cn1. The first-order valence-corrected chi connectivity index (χ1v) is 12.5. The molecule has 1 saturated heterocycles. The van der Waals surface area contributed by atoms with Crippen LogP contribution in [-0.2, 0) is 12.6 Å². The minimum atomic E-state index is -1.72. The maximum Gasteiger partial charge on any atom is 0.225 e. The van der Waals surface area contributed by atoms with Gasteiger partial charge < -0.3 is 14.9 Å². The molecule has 10 nitrogen and oxygen atoms in total. The van der Waals surface area contributed by atoms with Gasteiger partial charge in [0.1, 0.15) is 29.1 Å². The number of nitrogens with zero attached hydrogens (tertiary/aromatic N) is 9. The summed E-state index contributed by atoms with van der Waals surface area (Å²) in [5.41, 5.74) is 1.48. The Hall–Kier alpha value is -4.45. The molecule has 1 fully saturated rings. The molecule has 0 amide bonds. The van der Waals surface area contributed by atoms with E-state index in [0.717, 1.165) is 34.6 Å². The van der Waals surface area contributed by atoms with Crippen molar-refractivity contribution >= 4 is 17.3 Å². The van der Waals surface area contributed by atoms with E-state index in [2.05, 4.69) is 47.9 Å². The van der Waals surface area contributed by atoms with Crippen molar-refractivity contribution in [3.05, 3.63) is 84.3 Å². The third-order valence-electron chi connectivity index (χ3n) is 7.26. The van der Waals surface area contributed by atoms with Crippen LogP contribution < -0.4 is 9.80 Å². The molecule has 0 bridgehead atoms. The molecule has 2 atom stereocenters. The quantitative estimate of drug-likeness (QED) is 0.369. The highest BCUT2D eigenvalue weighted by molar-refractivity contribution is 5.77. The lowest BCUT2D eigenvalue weighted by Gasteiger charge is -2.40. The smallest absolute Gasteiger partial charge is 0.225 e. The van der Waals surface area contributed by atoms with Gasteiger partial charge >= 0.3 is 0 Å². The van der Waals surface area contributed by atoms with E-state index < -0.39 is 17.2 Å². The summed E-state index contributed by atoms with van der Waals surface area (Å²) in [6.45, 7) is 5.55. The average Bonchev–Trinajstić information content (AvgIpc) is 3.54. The number of hydrogen-bond donors (Lipinski definition) is 1. The Morgan fingerprint density at radius 1 is 0.974 bits per heavy atom. The van der Waals surface area contributed by atoms with Gasteiger partial charge in [0.15, 0.2) is 5.82 Å². The summed E-state index contributed by atoms with van der Waals surface area (Å²) in [5, 5.41) is 19.7. The number of aromatic nitrogens is 7. The Morgan fingerprint density at radius 3 is 2.46 bits per heavy atom. The topological polar surface area (TPSA) is 101 Å². The van der Waals surface area contributed by atoms with Crippen molar-refractivity contribution in [2.24, 2.45) is 7.05 Å². The third-order valence-corrected chi connectivity index (χ3v) is 7.26. The van der Waals surface area contributed by atoms with Crippen LogP contribution in [0.15, 0.2) is 61.6 Å². The number of aryl methyl sites for hydroxylation is 1. The van der Waals surface area contributed by atoms with Gasteiger partial charge in [-0.25, -0.2) is 28.2 Å². The standard InChI is InChI=1S/C27H27F2N9O/c1-17-13-36(25-24-8-18(15-38(24)34-16-32-25)19-10-33-35(3)14-19)6-7-37(17)26-30-11-20(12-31-26)27(2,39)22-5-4-21(28)9-23(22)29/h4-5,8-12,14-17,39H,6-7,13H2,1-3H3/t17-,27+/m1/s1. The number of halogens is 2. The van der Waals surface area contributed by atoms with Crippen molar-refractivity contribution in [3.8, 4) is 11.1 Å². The van der Waals surface area contributed by atoms with Crippen molar-refractivity contribution in [2.75, 3.05) is 29.4 Å². The van der Waals surface area contributed by atoms with Crippen LogP contribution in [0, 0.1) is 11.6 Å². The maximum absolute atomic E-state index is 14.3. The molecule has 0 aliphatic carbocycles. The lowest BCUT2D eigenvalue weighted by atomic mass is 9.89. The molecule has 0 saturated carbocycles. The molecule has 0 unspecified atom stereocenters. The van der Waals surface area contributed by atoms with Crippen molar-refractivity contribution in [1.82, 2.24) is 34.3 Å². The van der Waals surface area contributed by atoms with Gasteiger partial charge in [-0.1, -0.05) is 0 Å². The maximum atomic E-state index is 14.3. The number of aliphatic hydroxyl groups is 1. The molecule has 6 rings (SSSR count). The molecular weight excluding hydrogens is 504 g/mol. The van der Waals surface area contributed by atoms with Gasteiger partial charge in [-0.3, -0.25) is 4.68 Å². The van der Waals surface area contributed by atoms with Crippen LogP contribution in [0.3, 0.4) is 0 Å². The van der Waals surface area contributed by atoms with E-state index in [1.54, 1.807) is 11.0 Å². The fourth-order valence-corrected chi connectivity index (χ4v) is 5.10. The lowest BCUT2D eigenvalue weighted by Crippen LogP contribution is -2.53. The molecule has 0 radical (unpaired) electrons. The van der Waals surface area contributed by atoms with E-state index in [4.69, 9.17) is 0 Å². The number of fused-ring (bicyclic) bond motifs is 1. The molecule has 12 heteroatoms. The van der Waals surface area contributed by atoms with Gasteiger partial charge in [0, 0.05) is 85.8 Å². The van der Waals surface area contributed by atoms with Gasteiger partial charge in [-0.05, 0) is 32.0 Å². The minimum Gasteiger partial charge on any atom is -0.380 e. The summed E-state index contributed by atoms with van der Waals surface area (Å²) in [7, 11) is 1.89. The summed E-state index contributed by atoms with van der Waals surface area (Å²) >= 11 is 0. The summed E-state index contributed by atoms with van der Waals surface area (Å²) in [5.74, 6) is -0.181. The number of benzene rings is 1. The Morgan fingerprint density at radius 2 is 1.77 bits per heavy atom. The molecule has 1 aromatic carbocycles. The average molecular weight is 532 g/mol. The van der Waals surface area contributed by atoms with E-state index in [-0.39, 0.29) is 11.6 Å². The first-order chi connectivity index (χ1) is 18.7. The number of rotatable bonds is 5. The molecule has 1 N–H and O–H groups in total. The molecule has 0 spiro atoms. The molecule has 4 aromatic heterocycles. The Balaban J connectivity index is 1.20. The Labute approximate surface area is 223 Å². The second kappa shape index (κ2) is 9.38. The minimum absolute atomic E-state index is 0.0459. The molecule has 5 aromatic rings. The van der Waals surface area contributed by atoms with Crippen LogP contribution in [0.25, 0.3) is 16.6 Å². The number of piperazine rings is 1. The van der Waals surface area contributed by atoms with Crippen LogP contribution in [0.2, 0.25) is 0 Å². The Kier molecular flexibility index (Phi) is 5.98. The van der Waals surface area contributed by atoms with E-state index in [0.29, 0.717) is 31.1 Å². The number of anilines is 2. The van der Waals surface area contributed by atoms with Crippen LogP contribution in [-0.4, -0.2) is 65.1 Å². The molecule has 1 aliphatic rings. The van der Waals surface area contributed by atoms with Gasteiger partial charge in [-0.2, -0.15) is 10.2 Å². The van der Waals surface area contributed by atoms with Crippen LogP contribution in [0.1, 0.15) is 25.0 Å². The van der Waals surface area contributed by atoms with Crippen LogP contribution in [0.4, 0.5) is 20.5 Å². The lowest BCUT2D eigenvalue weighted by molar-refractivity contribution is 0.0970. The van der Waals surface area contributed by atoms with Crippen molar-refractivity contribution < 1.29 is 13.9 Å². The van der Waals surface area contributed by atoms with E-state index in [1.807, 2.05) is 30.2 Å². The first kappa shape index (κ1) is 24.9. The zero-order valence-corrected chi connectivity index (χ0v) is 21.7. The highest BCUT2D eigenvalue weighted by Crippen LogP contribution is 2.32. The van der Waals surface area contributed by atoms with Gasteiger partial charge in [0.05, 0.1) is 6.20 Å². The normalized spacial score (nSPS) is 17.5. The molecular formula is C27H27F2N9O. The second-order valence-electron chi connectivity index (χ2n) is 10.0. The van der Waals surface area contributed by atoms with Gasteiger partial charge in [-0.15, -0.1) is 0 Å². The zero-order valence-electron chi connectivity index (χ0n) is 21.7. The largest absolute Gasteiger partial charge is 0.380 e. The zero-order chi connectivity index (χ0) is 27.3. The van der Waals surface area contributed by atoms with E-state index >= 15 is 0 Å². The molecule has 5 heterocycles. The Bertz CT molecular complexity index is 1650. The van der Waals surface area contributed by atoms with Crippen LogP contribution >= 0.6 is 0 Å². The predicted octanol–water partition coefficient (Wildman–Crippen LogP) is 3.17. The number of hydrogen-bond acceptors (Lipinski definition) is 8. The van der Waals surface area contributed by atoms with Crippen LogP contribution in [0.5, 0.6) is 0 Å². The molecule has 1 aliphatic heterocycles.